The van der Waals surface area contributed by atoms with Gasteiger partial charge in [0.05, 0.1) is 29.7 Å². The minimum atomic E-state index is -4.43. The summed E-state index contributed by atoms with van der Waals surface area (Å²) in [6.07, 6.45) is 3.58. The smallest absolute Gasteiger partial charge is 0.346 e. The van der Waals surface area contributed by atoms with Crippen LogP contribution in [0.4, 0.5) is 13.2 Å². The Kier molecular flexibility index (Phi) is 5.58. The molecule has 0 bridgehead atoms. The zero-order valence-electron chi connectivity index (χ0n) is 16.1. The molecule has 0 saturated carbocycles. The molecule has 0 unspecified atom stereocenters. The van der Waals surface area contributed by atoms with Crippen LogP contribution in [0, 0.1) is 6.92 Å². The lowest BCUT2D eigenvalue weighted by Gasteiger charge is -2.13. The van der Waals surface area contributed by atoms with Crippen molar-refractivity contribution in [1.82, 2.24) is 24.9 Å². The molecule has 2 heterocycles. The van der Waals surface area contributed by atoms with Crippen LogP contribution in [0.1, 0.15) is 35.3 Å². The van der Waals surface area contributed by atoms with Gasteiger partial charge in [-0.2, -0.15) is 23.4 Å². The second kappa shape index (κ2) is 7.94. The van der Waals surface area contributed by atoms with E-state index in [-0.39, 0.29) is 11.9 Å². The van der Waals surface area contributed by atoms with Crippen molar-refractivity contribution in [3.05, 3.63) is 71.3 Å². The molecule has 0 aliphatic carbocycles. The van der Waals surface area contributed by atoms with E-state index in [2.05, 4.69) is 15.5 Å². The Labute approximate surface area is 165 Å². The molecule has 29 heavy (non-hydrogen) atoms. The fourth-order valence-corrected chi connectivity index (χ4v) is 2.96. The lowest BCUT2D eigenvalue weighted by Crippen LogP contribution is -2.25. The Morgan fingerprint density at radius 2 is 2.00 bits per heavy atom. The van der Waals surface area contributed by atoms with Crippen LogP contribution in [0.2, 0.25) is 0 Å². The number of carbonyl (C=O) groups is 1. The highest BCUT2D eigenvalue weighted by Gasteiger charge is 2.30. The van der Waals surface area contributed by atoms with E-state index in [1.165, 1.54) is 16.8 Å². The molecule has 1 amide bonds. The number of carbonyl (C=O) groups excluding carboxylic acids is 1. The number of amides is 1. The number of aromatic nitrogens is 4. The monoisotopic (exact) mass is 403 g/mol. The summed E-state index contributed by atoms with van der Waals surface area (Å²) in [6, 6.07) is 4.58. The van der Waals surface area contributed by atoms with E-state index in [1.54, 1.807) is 56.3 Å². The first-order valence-corrected chi connectivity index (χ1v) is 8.84. The van der Waals surface area contributed by atoms with Crippen molar-refractivity contribution in [2.24, 2.45) is 7.05 Å². The molecule has 1 atom stereocenters. The number of aryl methyl sites for hydroxylation is 1. The van der Waals surface area contributed by atoms with Crippen LogP contribution in [0.3, 0.4) is 0 Å². The summed E-state index contributed by atoms with van der Waals surface area (Å²) in [5, 5.41) is 11.1. The lowest BCUT2D eigenvalue weighted by atomic mass is 10.1. The third-order valence-electron chi connectivity index (χ3n) is 4.44. The Morgan fingerprint density at radius 3 is 2.66 bits per heavy atom. The van der Waals surface area contributed by atoms with Crippen molar-refractivity contribution in [2.75, 3.05) is 0 Å². The molecule has 2 aromatic heterocycles. The maximum Gasteiger partial charge on any atom is 0.416 e. The summed E-state index contributed by atoms with van der Waals surface area (Å²) in [6.45, 7) is 3.53. The van der Waals surface area contributed by atoms with Crippen molar-refractivity contribution in [2.45, 2.75) is 26.1 Å². The second-order valence-corrected chi connectivity index (χ2v) is 6.66. The predicted octanol–water partition coefficient (Wildman–Crippen LogP) is 3.82. The third-order valence-corrected chi connectivity index (χ3v) is 4.44. The van der Waals surface area contributed by atoms with Gasteiger partial charge in [-0.1, -0.05) is 6.07 Å². The van der Waals surface area contributed by atoms with Gasteiger partial charge in [-0.05, 0) is 38.1 Å². The molecule has 1 N–H and O–H groups in total. The summed E-state index contributed by atoms with van der Waals surface area (Å²) in [5.74, 6) is -0.299. The molecule has 0 fully saturated rings. The van der Waals surface area contributed by atoms with Gasteiger partial charge in [0.1, 0.15) is 0 Å². The Morgan fingerprint density at radius 1 is 1.24 bits per heavy atom. The highest BCUT2D eigenvalue weighted by molar-refractivity contribution is 5.91. The first kappa shape index (κ1) is 20.4. The van der Waals surface area contributed by atoms with Crippen molar-refractivity contribution < 1.29 is 18.0 Å². The predicted molar refractivity (Wildman–Crippen MR) is 102 cm³/mol. The molecule has 0 saturated heterocycles. The summed E-state index contributed by atoms with van der Waals surface area (Å²) in [4.78, 5) is 12.2. The van der Waals surface area contributed by atoms with Crippen molar-refractivity contribution in [1.29, 1.82) is 0 Å². The quantitative estimate of drug-likeness (QED) is 0.659. The van der Waals surface area contributed by atoms with Gasteiger partial charge in [-0.15, -0.1) is 0 Å². The molecule has 6 nitrogen and oxygen atoms in total. The van der Waals surface area contributed by atoms with Crippen molar-refractivity contribution >= 4 is 12.0 Å². The normalized spacial score (nSPS) is 13.0. The van der Waals surface area contributed by atoms with E-state index in [1.807, 2.05) is 0 Å². The average Bonchev–Trinajstić information content (AvgIpc) is 3.25. The van der Waals surface area contributed by atoms with Crippen molar-refractivity contribution in [3.8, 4) is 5.69 Å². The van der Waals surface area contributed by atoms with Crippen LogP contribution < -0.4 is 5.32 Å². The van der Waals surface area contributed by atoms with Crippen LogP contribution in [0.25, 0.3) is 11.8 Å². The maximum atomic E-state index is 13.0. The largest absolute Gasteiger partial charge is 0.416 e. The molecule has 3 rings (SSSR count). The van der Waals surface area contributed by atoms with Gasteiger partial charge >= 0.3 is 6.18 Å². The van der Waals surface area contributed by atoms with E-state index in [0.717, 1.165) is 17.7 Å². The molecular formula is C20H20F3N5O. The first-order chi connectivity index (χ1) is 13.6. The molecule has 0 aliphatic heterocycles. The second-order valence-electron chi connectivity index (χ2n) is 6.66. The van der Waals surface area contributed by atoms with Gasteiger partial charge < -0.3 is 5.32 Å². The number of benzene rings is 1. The van der Waals surface area contributed by atoms with E-state index in [0.29, 0.717) is 16.9 Å². The van der Waals surface area contributed by atoms with Gasteiger partial charge in [0.25, 0.3) is 0 Å². The highest BCUT2D eigenvalue weighted by atomic mass is 19.4. The van der Waals surface area contributed by atoms with E-state index in [4.69, 9.17) is 0 Å². The third kappa shape index (κ3) is 4.74. The number of nitrogens with one attached hydrogen (secondary N) is 1. The first-order valence-electron chi connectivity index (χ1n) is 8.84. The molecule has 152 valence electrons. The van der Waals surface area contributed by atoms with E-state index in [9.17, 15) is 18.0 Å². The number of hydrogen-bond donors (Lipinski definition) is 1. The number of nitrogens with zero attached hydrogens (tertiary/aromatic N) is 4. The topological polar surface area (TPSA) is 64.7 Å². The van der Waals surface area contributed by atoms with Gasteiger partial charge in [0, 0.05) is 36.1 Å². The van der Waals surface area contributed by atoms with Gasteiger partial charge in [-0.3, -0.25) is 9.48 Å². The van der Waals surface area contributed by atoms with Gasteiger partial charge in [0.2, 0.25) is 5.91 Å². The van der Waals surface area contributed by atoms with Crippen LogP contribution in [0.15, 0.2) is 48.9 Å². The van der Waals surface area contributed by atoms with Crippen molar-refractivity contribution in [3.63, 3.8) is 0 Å². The number of halogens is 3. The fraction of sp³-hybridized carbons (Fsp3) is 0.250. The van der Waals surface area contributed by atoms with Gasteiger partial charge in [-0.25, -0.2) is 4.68 Å². The Bertz CT molecular complexity index is 1050. The van der Waals surface area contributed by atoms with E-state index >= 15 is 0 Å². The highest BCUT2D eigenvalue weighted by Crippen LogP contribution is 2.31. The summed E-state index contributed by atoms with van der Waals surface area (Å²) in [7, 11) is 1.78. The van der Waals surface area contributed by atoms with E-state index < -0.39 is 11.7 Å². The molecule has 0 radical (unpaired) electrons. The maximum absolute atomic E-state index is 13.0. The SMILES string of the molecule is Cc1c([C@H](C)NC(=O)/C=C/c2cnn(C)c2)cnn1-c1cccc(C(F)(F)F)c1. The molecule has 1 aromatic carbocycles. The number of rotatable bonds is 5. The van der Waals surface area contributed by atoms with Crippen LogP contribution in [-0.2, 0) is 18.0 Å². The standard InChI is InChI=1S/C20H20F3N5O/c1-13(26-19(29)8-7-15-10-24-27(3)12-15)18-11-25-28(14(18)2)17-6-4-5-16(9-17)20(21,22)23/h4-13H,1-3H3,(H,26,29)/b8-7+/t13-/m0/s1. The molecule has 9 heteroatoms. The van der Waals surface area contributed by atoms with Gasteiger partial charge in [0.15, 0.2) is 0 Å². The molecule has 0 spiro atoms. The van der Waals surface area contributed by atoms with Crippen LogP contribution >= 0.6 is 0 Å². The minimum Gasteiger partial charge on any atom is -0.346 e. The molecule has 3 aromatic rings. The molecule has 0 aliphatic rings. The fourth-order valence-electron chi connectivity index (χ4n) is 2.96. The summed E-state index contributed by atoms with van der Waals surface area (Å²) < 4.78 is 42.0. The number of alkyl halides is 3. The summed E-state index contributed by atoms with van der Waals surface area (Å²) >= 11 is 0. The Hall–Kier alpha value is -3.36. The van der Waals surface area contributed by atoms with Crippen LogP contribution in [0.5, 0.6) is 0 Å². The summed E-state index contributed by atoms with van der Waals surface area (Å²) in [5.41, 5.74) is 1.72. The molecular weight excluding hydrogens is 383 g/mol. The number of hydrogen-bond acceptors (Lipinski definition) is 3. The lowest BCUT2D eigenvalue weighted by molar-refractivity contribution is -0.137. The average molecular weight is 403 g/mol. The van der Waals surface area contributed by atoms with Crippen LogP contribution in [-0.4, -0.2) is 25.5 Å². The zero-order chi connectivity index (χ0) is 21.2. The zero-order valence-corrected chi connectivity index (χ0v) is 16.1. The minimum absolute atomic E-state index is 0.299. The Balaban J connectivity index is 1.75.